The van der Waals surface area contributed by atoms with Gasteiger partial charge in [0.1, 0.15) is 11.2 Å². The lowest BCUT2D eigenvalue weighted by Gasteiger charge is -1.88. The Bertz CT molecular complexity index is 784. The van der Waals surface area contributed by atoms with E-state index in [1.807, 2.05) is 24.3 Å². The zero-order valence-electron chi connectivity index (χ0n) is 10.6. The molecule has 0 N–H and O–H groups in total. The molecule has 0 aliphatic carbocycles. The molecular weight excluding hydrogens is 272 g/mol. The number of nitrogens with zero attached hydrogens (tertiary/aromatic N) is 2. The van der Waals surface area contributed by atoms with Crippen LogP contribution in [0.1, 0.15) is 18.0 Å². The van der Waals surface area contributed by atoms with Crippen LogP contribution in [0.25, 0.3) is 11.1 Å². The first kappa shape index (κ1) is 12.7. The average molecular weight is 283 g/mol. The number of hydrogen-bond donors (Lipinski definition) is 0. The van der Waals surface area contributed by atoms with Crippen molar-refractivity contribution >= 4 is 22.7 Å². The highest BCUT2D eigenvalue weighted by Crippen LogP contribution is 2.20. The number of hydrogen-bond acceptors (Lipinski definition) is 3. The van der Waals surface area contributed by atoms with Gasteiger partial charge in [0.25, 0.3) is 0 Å². The lowest BCUT2D eigenvalue weighted by Crippen LogP contribution is -1.83. The minimum atomic E-state index is 0.660. The quantitative estimate of drug-likeness (QED) is 0.670. The molecule has 0 spiro atoms. The second kappa shape index (κ2) is 5.77. The monoisotopic (exact) mass is 282 g/mol. The third-order valence-electron chi connectivity index (χ3n) is 2.74. The van der Waals surface area contributed by atoms with Crippen molar-refractivity contribution < 1.29 is 4.42 Å². The van der Waals surface area contributed by atoms with Crippen molar-refractivity contribution in [1.29, 1.82) is 0 Å². The molecular formula is C16H11ClN2O. The topological polar surface area (TPSA) is 38.9 Å². The van der Waals surface area contributed by atoms with Crippen molar-refractivity contribution in [2.45, 2.75) is 12.8 Å². The largest absolute Gasteiger partial charge is 0.441 e. The molecule has 0 unspecified atom stereocenters. The molecule has 0 saturated carbocycles. The van der Waals surface area contributed by atoms with Gasteiger partial charge in [-0.05, 0) is 36.3 Å². The van der Waals surface area contributed by atoms with Gasteiger partial charge >= 0.3 is 0 Å². The van der Waals surface area contributed by atoms with Gasteiger partial charge in [-0.1, -0.05) is 23.6 Å². The normalized spacial score (nSPS) is 10.2. The first-order valence-corrected chi connectivity index (χ1v) is 6.64. The second-order valence-corrected chi connectivity index (χ2v) is 4.67. The van der Waals surface area contributed by atoms with Crippen LogP contribution < -0.4 is 0 Å². The van der Waals surface area contributed by atoms with Crippen LogP contribution in [0.3, 0.4) is 0 Å². The summed E-state index contributed by atoms with van der Waals surface area (Å²) < 4.78 is 5.62. The summed E-state index contributed by atoms with van der Waals surface area (Å²) in [5.41, 5.74) is 2.31. The maximum atomic E-state index is 5.91. The number of rotatable bonds is 2. The van der Waals surface area contributed by atoms with Crippen molar-refractivity contribution in [3.63, 3.8) is 0 Å². The third kappa shape index (κ3) is 2.98. The molecule has 2 heterocycles. The summed E-state index contributed by atoms with van der Waals surface area (Å²) >= 11 is 5.91. The highest BCUT2D eigenvalue weighted by atomic mass is 35.5. The van der Waals surface area contributed by atoms with E-state index in [1.54, 1.807) is 18.3 Å². The van der Waals surface area contributed by atoms with E-state index in [2.05, 4.69) is 21.8 Å². The number of benzene rings is 1. The summed E-state index contributed by atoms with van der Waals surface area (Å²) in [6, 6.07) is 11.1. The summed E-state index contributed by atoms with van der Waals surface area (Å²) in [5, 5.41) is 0.660. The van der Waals surface area contributed by atoms with Crippen molar-refractivity contribution in [3.05, 3.63) is 59.2 Å². The van der Waals surface area contributed by atoms with Gasteiger partial charge < -0.3 is 4.42 Å². The number of aryl methyl sites for hydroxylation is 1. The van der Waals surface area contributed by atoms with E-state index in [4.69, 9.17) is 16.0 Å². The van der Waals surface area contributed by atoms with E-state index in [1.165, 1.54) is 0 Å². The van der Waals surface area contributed by atoms with Gasteiger partial charge in [-0.3, -0.25) is 0 Å². The third-order valence-corrected chi connectivity index (χ3v) is 2.97. The second-order valence-electron chi connectivity index (χ2n) is 4.24. The summed E-state index contributed by atoms with van der Waals surface area (Å²) in [6.07, 6.45) is 3.08. The van der Waals surface area contributed by atoms with E-state index < -0.39 is 0 Å². The lowest BCUT2D eigenvalue weighted by atomic mass is 10.3. The molecule has 1 aromatic carbocycles. The Balaban J connectivity index is 1.67. The Kier molecular flexibility index (Phi) is 3.67. The summed E-state index contributed by atoms with van der Waals surface area (Å²) in [7, 11) is 0. The maximum Gasteiger partial charge on any atom is 0.196 e. The molecule has 0 saturated heterocycles. The molecule has 0 bridgehead atoms. The van der Waals surface area contributed by atoms with Gasteiger partial charge in [-0.2, -0.15) is 0 Å². The summed E-state index contributed by atoms with van der Waals surface area (Å²) in [4.78, 5) is 8.52. The smallest absolute Gasteiger partial charge is 0.196 e. The SMILES string of the molecule is Clc1ccc2oc(CCC#Cc3ccccn3)nc2c1. The van der Waals surface area contributed by atoms with Gasteiger partial charge in [-0.25, -0.2) is 9.97 Å². The number of halogens is 1. The minimum absolute atomic E-state index is 0.660. The fraction of sp³-hybridized carbons (Fsp3) is 0.125. The average Bonchev–Trinajstić information content (AvgIpc) is 2.86. The van der Waals surface area contributed by atoms with Gasteiger partial charge in [0.15, 0.2) is 11.5 Å². The molecule has 0 radical (unpaired) electrons. The fourth-order valence-corrected chi connectivity index (χ4v) is 1.98. The van der Waals surface area contributed by atoms with Crippen LogP contribution in [0.4, 0.5) is 0 Å². The number of aromatic nitrogens is 2. The minimum Gasteiger partial charge on any atom is -0.441 e. The van der Waals surface area contributed by atoms with E-state index in [9.17, 15) is 0 Å². The number of pyridine rings is 1. The van der Waals surface area contributed by atoms with E-state index in [0.29, 0.717) is 23.8 Å². The first-order valence-electron chi connectivity index (χ1n) is 6.26. The molecule has 0 aliphatic heterocycles. The number of fused-ring (bicyclic) bond motifs is 1. The standard InChI is InChI=1S/C16H11ClN2O/c17-12-8-9-15-14(11-12)19-16(20-15)7-2-1-5-13-6-3-4-10-18-13/h3-4,6,8-11H,2,7H2. The molecule has 0 aliphatic rings. The van der Waals surface area contributed by atoms with Crippen molar-refractivity contribution in [1.82, 2.24) is 9.97 Å². The molecule has 3 rings (SSSR count). The fourth-order valence-electron chi connectivity index (χ4n) is 1.81. The Morgan fingerprint density at radius 2 is 2.15 bits per heavy atom. The molecule has 4 heteroatoms. The van der Waals surface area contributed by atoms with Crippen LogP contribution in [0.5, 0.6) is 0 Å². The molecule has 0 fully saturated rings. The van der Waals surface area contributed by atoms with Crippen LogP contribution >= 0.6 is 11.6 Å². The Hall–Kier alpha value is -2.31. The van der Waals surface area contributed by atoms with E-state index >= 15 is 0 Å². The molecule has 20 heavy (non-hydrogen) atoms. The van der Waals surface area contributed by atoms with Crippen LogP contribution in [-0.4, -0.2) is 9.97 Å². The predicted octanol–water partition coefficient (Wildman–Crippen LogP) is 3.86. The molecule has 0 atom stereocenters. The summed E-state index contributed by atoms with van der Waals surface area (Å²) in [6.45, 7) is 0. The highest BCUT2D eigenvalue weighted by Gasteiger charge is 2.05. The van der Waals surface area contributed by atoms with E-state index in [0.717, 1.165) is 16.8 Å². The van der Waals surface area contributed by atoms with Gasteiger partial charge in [0, 0.05) is 24.1 Å². The Labute approximate surface area is 121 Å². The van der Waals surface area contributed by atoms with Gasteiger partial charge in [0.05, 0.1) is 0 Å². The van der Waals surface area contributed by atoms with Crippen molar-refractivity contribution in [2.24, 2.45) is 0 Å². The molecule has 3 nitrogen and oxygen atoms in total. The van der Waals surface area contributed by atoms with E-state index in [-0.39, 0.29) is 0 Å². The van der Waals surface area contributed by atoms with Crippen LogP contribution in [0, 0.1) is 11.8 Å². The first-order chi connectivity index (χ1) is 9.81. The molecule has 3 aromatic rings. The maximum absolute atomic E-state index is 5.91. The Morgan fingerprint density at radius 3 is 3.00 bits per heavy atom. The highest BCUT2D eigenvalue weighted by molar-refractivity contribution is 6.31. The summed E-state index contributed by atoms with van der Waals surface area (Å²) in [5.74, 6) is 6.75. The van der Waals surface area contributed by atoms with Crippen molar-refractivity contribution in [3.8, 4) is 11.8 Å². The van der Waals surface area contributed by atoms with Crippen LogP contribution in [0.2, 0.25) is 5.02 Å². The zero-order valence-corrected chi connectivity index (χ0v) is 11.4. The lowest BCUT2D eigenvalue weighted by molar-refractivity contribution is 0.531. The molecule has 2 aromatic heterocycles. The Morgan fingerprint density at radius 1 is 1.20 bits per heavy atom. The number of oxazole rings is 1. The molecule has 0 amide bonds. The van der Waals surface area contributed by atoms with Gasteiger partial charge in [0.2, 0.25) is 0 Å². The van der Waals surface area contributed by atoms with Crippen LogP contribution in [0.15, 0.2) is 47.0 Å². The van der Waals surface area contributed by atoms with Crippen molar-refractivity contribution in [2.75, 3.05) is 0 Å². The van der Waals surface area contributed by atoms with Crippen LogP contribution in [-0.2, 0) is 6.42 Å². The predicted molar refractivity (Wildman–Crippen MR) is 78.5 cm³/mol. The molecule has 98 valence electrons. The van der Waals surface area contributed by atoms with Gasteiger partial charge in [-0.15, -0.1) is 0 Å². The zero-order chi connectivity index (χ0) is 13.8.